The third-order valence-corrected chi connectivity index (χ3v) is 0.909. The summed E-state index contributed by atoms with van der Waals surface area (Å²) < 4.78 is 4.75. The molecule has 0 spiro atoms. The summed E-state index contributed by atoms with van der Waals surface area (Å²) in [6, 6.07) is 0. The lowest BCUT2D eigenvalue weighted by Crippen LogP contribution is -2.36. The minimum atomic E-state index is -0.429. The van der Waals surface area contributed by atoms with Gasteiger partial charge in [0.25, 0.3) is 0 Å². The summed E-state index contributed by atoms with van der Waals surface area (Å²) in [5.41, 5.74) is 0. The van der Waals surface area contributed by atoms with Crippen LogP contribution in [0.2, 0.25) is 0 Å². The number of carbonyl (C=O) groups is 1. The van der Waals surface area contributed by atoms with E-state index in [1.807, 2.05) is 0 Å². The van der Waals surface area contributed by atoms with E-state index in [-0.39, 0.29) is 6.10 Å². The summed E-state index contributed by atoms with van der Waals surface area (Å²) in [7, 11) is 0. The molecule has 0 aromatic heterocycles. The molecule has 0 atom stereocenters. The zero-order valence-electron chi connectivity index (χ0n) is 5.12. The molecule has 4 heteroatoms. The summed E-state index contributed by atoms with van der Waals surface area (Å²) in [5, 5.41) is 0. The number of hydrogen-bond acceptors (Lipinski definition) is 4. The molecule has 1 aliphatic rings. The average molecular weight is 132 g/mol. The molecule has 9 heavy (non-hydrogen) atoms. The van der Waals surface area contributed by atoms with Gasteiger partial charge in [-0.2, -0.15) is 4.89 Å². The topological polar surface area (TPSA) is 44.8 Å². The van der Waals surface area contributed by atoms with Crippen molar-refractivity contribution in [1.82, 2.24) is 0 Å². The average Bonchev–Trinajstić information content (AvgIpc) is 1.60. The summed E-state index contributed by atoms with van der Waals surface area (Å²) in [4.78, 5) is 18.9. The smallest absolute Gasteiger partial charge is 0.339 e. The lowest BCUT2D eigenvalue weighted by Gasteiger charge is -2.23. The lowest BCUT2D eigenvalue weighted by molar-refractivity contribution is -0.332. The molecule has 1 rings (SSSR count). The van der Waals surface area contributed by atoms with Gasteiger partial charge in [0, 0.05) is 6.92 Å². The third-order valence-electron chi connectivity index (χ3n) is 0.909. The van der Waals surface area contributed by atoms with E-state index in [4.69, 9.17) is 4.74 Å². The van der Waals surface area contributed by atoms with E-state index < -0.39 is 5.97 Å². The predicted octanol–water partition coefficient (Wildman–Crippen LogP) is -0.120. The van der Waals surface area contributed by atoms with Crippen LogP contribution in [0.1, 0.15) is 6.92 Å². The van der Waals surface area contributed by atoms with E-state index in [0.717, 1.165) is 0 Å². The molecule has 4 nitrogen and oxygen atoms in total. The maximum atomic E-state index is 10.1. The second-order valence-corrected chi connectivity index (χ2v) is 1.83. The monoisotopic (exact) mass is 132 g/mol. The predicted molar refractivity (Wildman–Crippen MR) is 27.5 cm³/mol. The molecule has 1 saturated heterocycles. The normalized spacial score (nSPS) is 18.8. The van der Waals surface area contributed by atoms with Crippen LogP contribution in [0.4, 0.5) is 0 Å². The summed E-state index contributed by atoms with van der Waals surface area (Å²) in [6.07, 6.45) is -0.0473. The van der Waals surface area contributed by atoms with Crippen molar-refractivity contribution < 1.29 is 19.3 Å². The molecule has 0 aliphatic carbocycles. The van der Waals surface area contributed by atoms with E-state index in [1.165, 1.54) is 6.92 Å². The molecule has 0 aromatic rings. The molecule has 52 valence electrons. The molecule has 1 aliphatic heterocycles. The number of ether oxygens (including phenoxy) is 1. The number of hydrogen-bond donors (Lipinski definition) is 0. The molecule has 0 amide bonds. The van der Waals surface area contributed by atoms with Gasteiger partial charge in [-0.25, -0.2) is 4.79 Å². The molecular weight excluding hydrogens is 124 g/mol. The zero-order valence-corrected chi connectivity index (χ0v) is 5.12. The van der Waals surface area contributed by atoms with Gasteiger partial charge in [-0.1, -0.05) is 0 Å². The van der Waals surface area contributed by atoms with E-state index >= 15 is 0 Å². The Balaban J connectivity index is 1.97. The molecule has 0 unspecified atom stereocenters. The van der Waals surface area contributed by atoms with Crippen LogP contribution in [0.15, 0.2) is 0 Å². The van der Waals surface area contributed by atoms with E-state index in [1.54, 1.807) is 0 Å². The molecular formula is C5H8O4. The molecule has 0 saturated carbocycles. The number of carbonyl (C=O) groups excluding carboxylic acids is 1. The molecule has 0 aromatic carbocycles. The van der Waals surface area contributed by atoms with Crippen LogP contribution in [0.3, 0.4) is 0 Å². The summed E-state index contributed by atoms with van der Waals surface area (Å²) in [5.74, 6) is -0.429. The number of rotatable bonds is 2. The first kappa shape index (κ1) is 6.51. The Morgan fingerprint density at radius 2 is 2.33 bits per heavy atom. The Hall–Kier alpha value is -0.610. The molecule has 0 radical (unpaired) electrons. The third kappa shape index (κ3) is 1.99. The maximum absolute atomic E-state index is 10.1. The van der Waals surface area contributed by atoms with Crippen molar-refractivity contribution in [2.45, 2.75) is 13.0 Å². The first-order valence-electron chi connectivity index (χ1n) is 2.70. The van der Waals surface area contributed by atoms with Gasteiger partial charge in [-0.3, -0.25) is 4.89 Å². The minimum Gasteiger partial charge on any atom is -0.376 e. The largest absolute Gasteiger partial charge is 0.376 e. The highest BCUT2D eigenvalue weighted by atomic mass is 17.2. The van der Waals surface area contributed by atoms with Crippen LogP contribution in [-0.4, -0.2) is 25.3 Å². The minimum absolute atomic E-state index is 0.0473. The van der Waals surface area contributed by atoms with Crippen LogP contribution >= 0.6 is 0 Å². The fourth-order valence-electron chi connectivity index (χ4n) is 0.405. The molecule has 1 heterocycles. The van der Waals surface area contributed by atoms with E-state index in [0.29, 0.717) is 13.2 Å². The van der Waals surface area contributed by atoms with Gasteiger partial charge in [0.1, 0.15) is 0 Å². The van der Waals surface area contributed by atoms with Crippen LogP contribution in [0, 0.1) is 0 Å². The first-order valence-corrected chi connectivity index (χ1v) is 2.70. The second-order valence-electron chi connectivity index (χ2n) is 1.83. The van der Waals surface area contributed by atoms with E-state index in [2.05, 4.69) is 9.78 Å². The van der Waals surface area contributed by atoms with Crippen molar-refractivity contribution in [2.24, 2.45) is 0 Å². The Morgan fingerprint density at radius 3 is 2.67 bits per heavy atom. The summed E-state index contributed by atoms with van der Waals surface area (Å²) in [6.45, 7) is 2.33. The maximum Gasteiger partial charge on any atom is 0.339 e. The SMILES string of the molecule is CC(=O)OOC1COC1. The highest BCUT2D eigenvalue weighted by Crippen LogP contribution is 2.04. The van der Waals surface area contributed by atoms with E-state index in [9.17, 15) is 4.79 Å². The van der Waals surface area contributed by atoms with Gasteiger partial charge in [0.05, 0.1) is 13.2 Å². The molecule has 0 N–H and O–H groups in total. The fourth-order valence-corrected chi connectivity index (χ4v) is 0.405. The Morgan fingerprint density at radius 1 is 1.67 bits per heavy atom. The lowest BCUT2D eigenvalue weighted by atomic mass is 10.3. The van der Waals surface area contributed by atoms with Crippen molar-refractivity contribution >= 4 is 5.97 Å². The summed E-state index contributed by atoms with van der Waals surface area (Å²) >= 11 is 0. The Bertz CT molecular complexity index is 108. The van der Waals surface area contributed by atoms with Gasteiger partial charge in [0.15, 0.2) is 6.10 Å². The van der Waals surface area contributed by atoms with Crippen LogP contribution in [0.25, 0.3) is 0 Å². The molecule has 1 fully saturated rings. The van der Waals surface area contributed by atoms with Gasteiger partial charge in [-0.05, 0) is 0 Å². The van der Waals surface area contributed by atoms with Crippen LogP contribution in [0.5, 0.6) is 0 Å². The van der Waals surface area contributed by atoms with Crippen molar-refractivity contribution in [3.63, 3.8) is 0 Å². The highest BCUT2D eigenvalue weighted by molar-refractivity contribution is 5.65. The van der Waals surface area contributed by atoms with Gasteiger partial charge >= 0.3 is 5.97 Å². The second kappa shape index (κ2) is 2.80. The highest BCUT2D eigenvalue weighted by Gasteiger charge is 2.20. The fraction of sp³-hybridized carbons (Fsp3) is 0.800. The van der Waals surface area contributed by atoms with Crippen LogP contribution < -0.4 is 0 Å². The standard InChI is InChI=1S/C5H8O4/c1-4(6)8-9-5-2-7-3-5/h5H,2-3H2,1H3. The zero-order chi connectivity index (χ0) is 6.69. The van der Waals surface area contributed by atoms with Gasteiger partial charge in [-0.15, -0.1) is 0 Å². The Labute approximate surface area is 52.6 Å². The Kier molecular flexibility index (Phi) is 2.02. The van der Waals surface area contributed by atoms with Gasteiger partial charge < -0.3 is 4.74 Å². The van der Waals surface area contributed by atoms with Crippen molar-refractivity contribution in [3.8, 4) is 0 Å². The van der Waals surface area contributed by atoms with Crippen molar-refractivity contribution in [2.75, 3.05) is 13.2 Å². The first-order chi connectivity index (χ1) is 4.29. The van der Waals surface area contributed by atoms with Crippen molar-refractivity contribution in [1.29, 1.82) is 0 Å². The quantitative estimate of drug-likeness (QED) is 0.388. The van der Waals surface area contributed by atoms with Gasteiger partial charge in [0.2, 0.25) is 0 Å². The van der Waals surface area contributed by atoms with Crippen LogP contribution in [-0.2, 0) is 19.3 Å². The van der Waals surface area contributed by atoms with Crippen molar-refractivity contribution in [3.05, 3.63) is 0 Å². The molecule has 0 bridgehead atoms.